The summed E-state index contributed by atoms with van der Waals surface area (Å²) in [6.45, 7) is 2.45. The van der Waals surface area contributed by atoms with Crippen LogP contribution in [0, 0.1) is 5.82 Å². The number of amides is 1. The minimum Gasteiger partial charge on any atom is -0.353 e. The third kappa shape index (κ3) is 4.14. The highest BCUT2D eigenvalue weighted by atomic mass is 32.2. The lowest BCUT2D eigenvalue weighted by atomic mass is 10.1. The number of benzene rings is 1. The number of carbonyl (C=O) groups is 1. The Hall–Kier alpha value is -2.23. The molecule has 3 heterocycles. The molecule has 0 bridgehead atoms. The standard InChI is InChI=1S/C21H27FN4O3S/c1-23-10-2-4-19(23)20-5-3-11-25(20)16-21(27)24-12-14-26(15-13-24)30(28,29)18-8-6-17(22)7-9-18/h2,4,6-10,20H,3,5,11-16H2,1H3. The number of aryl methyl sites for hydroxylation is 1. The Morgan fingerprint density at radius 2 is 1.77 bits per heavy atom. The molecule has 1 aromatic carbocycles. The van der Waals surface area contributed by atoms with Crippen LogP contribution in [-0.2, 0) is 21.9 Å². The van der Waals surface area contributed by atoms with Gasteiger partial charge in [0.15, 0.2) is 0 Å². The summed E-state index contributed by atoms with van der Waals surface area (Å²) in [6, 6.07) is 9.21. The van der Waals surface area contributed by atoms with Crippen LogP contribution in [0.25, 0.3) is 0 Å². The highest BCUT2D eigenvalue weighted by molar-refractivity contribution is 7.89. The average Bonchev–Trinajstić information content (AvgIpc) is 3.36. The molecule has 0 saturated carbocycles. The Kier molecular flexibility index (Phi) is 5.95. The summed E-state index contributed by atoms with van der Waals surface area (Å²) in [5.74, 6) is -0.435. The fraction of sp³-hybridized carbons (Fsp3) is 0.476. The summed E-state index contributed by atoms with van der Waals surface area (Å²) in [6.07, 6.45) is 4.12. The number of carbonyl (C=O) groups excluding carboxylic acids is 1. The molecule has 0 radical (unpaired) electrons. The van der Waals surface area contributed by atoms with Gasteiger partial charge in [-0.1, -0.05) is 0 Å². The predicted octanol–water partition coefficient (Wildman–Crippen LogP) is 1.83. The van der Waals surface area contributed by atoms with Crippen LogP contribution < -0.4 is 0 Å². The molecule has 7 nitrogen and oxygen atoms in total. The molecular formula is C21H27FN4O3S. The second-order valence-corrected chi connectivity index (χ2v) is 9.85. The Labute approximate surface area is 176 Å². The van der Waals surface area contributed by atoms with Gasteiger partial charge in [0, 0.05) is 45.1 Å². The number of piperazine rings is 1. The van der Waals surface area contributed by atoms with Crippen molar-refractivity contribution in [3.05, 3.63) is 54.1 Å². The van der Waals surface area contributed by atoms with Crippen LogP contribution in [-0.4, -0.2) is 72.3 Å². The van der Waals surface area contributed by atoms with Crippen molar-refractivity contribution in [2.45, 2.75) is 23.8 Å². The van der Waals surface area contributed by atoms with Gasteiger partial charge in [0.1, 0.15) is 5.82 Å². The van der Waals surface area contributed by atoms with E-state index in [-0.39, 0.29) is 29.9 Å². The Morgan fingerprint density at radius 1 is 1.07 bits per heavy atom. The van der Waals surface area contributed by atoms with Gasteiger partial charge in [-0.3, -0.25) is 9.69 Å². The normalized spacial score (nSPS) is 21.3. The van der Waals surface area contributed by atoms with Crippen molar-refractivity contribution in [1.29, 1.82) is 0 Å². The van der Waals surface area contributed by atoms with E-state index < -0.39 is 15.8 Å². The van der Waals surface area contributed by atoms with E-state index in [9.17, 15) is 17.6 Å². The number of hydrogen-bond acceptors (Lipinski definition) is 4. The molecule has 0 aliphatic carbocycles. The maximum absolute atomic E-state index is 13.1. The van der Waals surface area contributed by atoms with Gasteiger partial charge >= 0.3 is 0 Å². The van der Waals surface area contributed by atoms with Gasteiger partial charge in [-0.25, -0.2) is 12.8 Å². The number of aromatic nitrogens is 1. The lowest BCUT2D eigenvalue weighted by molar-refractivity contribution is -0.133. The van der Waals surface area contributed by atoms with Crippen molar-refractivity contribution in [2.75, 3.05) is 39.3 Å². The number of hydrogen-bond donors (Lipinski definition) is 0. The van der Waals surface area contributed by atoms with Gasteiger partial charge in [0.2, 0.25) is 15.9 Å². The van der Waals surface area contributed by atoms with Crippen molar-refractivity contribution < 1.29 is 17.6 Å². The molecule has 9 heteroatoms. The number of likely N-dealkylation sites (tertiary alicyclic amines) is 1. The first-order valence-electron chi connectivity index (χ1n) is 10.2. The van der Waals surface area contributed by atoms with Gasteiger partial charge in [0.05, 0.1) is 17.5 Å². The largest absolute Gasteiger partial charge is 0.353 e. The first kappa shape index (κ1) is 21.0. The zero-order valence-electron chi connectivity index (χ0n) is 17.1. The maximum atomic E-state index is 13.1. The van der Waals surface area contributed by atoms with Crippen molar-refractivity contribution in [3.63, 3.8) is 0 Å². The summed E-state index contributed by atoms with van der Waals surface area (Å²) in [5.41, 5.74) is 1.22. The van der Waals surface area contributed by atoms with E-state index in [1.165, 1.54) is 22.1 Å². The molecule has 0 N–H and O–H groups in total. The zero-order chi connectivity index (χ0) is 21.3. The van der Waals surface area contributed by atoms with Gasteiger partial charge in [-0.15, -0.1) is 0 Å². The molecule has 30 heavy (non-hydrogen) atoms. The van der Waals surface area contributed by atoms with Crippen LogP contribution in [0.3, 0.4) is 0 Å². The maximum Gasteiger partial charge on any atom is 0.243 e. The molecule has 1 atom stereocenters. The van der Waals surface area contributed by atoms with Crippen molar-refractivity contribution in [1.82, 2.24) is 18.7 Å². The molecule has 2 fully saturated rings. The van der Waals surface area contributed by atoms with Crippen LogP contribution in [0.2, 0.25) is 0 Å². The molecule has 1 aromatic heterocycles. The monoisotopic (exact) mass is 434 g/mol. The minimum atomic E-state index is -3.68. The summed E-state index contributed by atoms with van der Waals surface area (Å²) < 4.78 is 42.1. The number of rotatable bonds is 5. The van der Waals surface area contributed by atoms with Crippen molar-refractivity contribution >= 4 is 15.9 Å². The fourth-order valence-electron chi connectivity index (χ4n) is 4.38. The highest BCUT2D eigenvalue weighted by Crippen LogP contribution is 2.31. The quantitative estimate of drug-likeness (QED) is 0.720. The summed E-state index contributed by atoms with van der Waals surface area (Å²) in [7, 11) is -1.66. The lowest BCUT2D eigenvalue weighted by Crippen LogP contribution is -2.52. The van der Waals surface area contributed by atoms with Crippen molar-refractivity contribution in [2.24, 2.45) is 7.05 Å². The van der Waals surface area contributed by atoms with E-state index >= 15 is 0 Å². The molecule has 0 spiro atoms. The summed E-state index contributed by atoms with van der Waals surface area (Å²) in [5, 5.41) is 0. The van der Waals surface area contributed by atoms with Gasteiger partial charge in [-0.05, 0) is 55.8 Å². The minimum absolute atomic E-state index is 0.0370. The molecule has 1 unspecified atom stereocenters. The first-order valence-corrected chi connectivity index (χ1v) is 11.7. The van der Waals surface area contributed by atoms with Gasteiger partial charge in [-0.2, -0.15) is 4.31 Å². The molecule has 1 amide bonds. The summed E-state index contributed by atoms with van der Waals surface area (Å²) >= 11 is 0. The Morgan fingerprint density at radius 3 is 2.40 bits per heavy atom. The van der Waals surface area contributed by atoms with E-state index in [0.29, 0.717) is 19.6 Å². The number of sulfonamides is 1. The van der Waals surface area contributed by atoms with E-state index in [2.05, 4.69) is 15.5 Å². The lowest BCUT2D eigenvalue weighted by Gasteiger charge is -2.35. The average molecular weight is 435 g/mol. The molecule has 2 aliphatic rings. The van der Waals surface area contributed by atoms with Crippen LogP contribution in [0.5, 0.6) is 0 Å². The van der Waals surface area contributed by atoms with Crippen LogP contribution in [0.4, 0.5) is 4.39 Å². The van der Waals surface area contributed by atoms with Gasteiger partial charge < -0.3 is 9.47 Å². The van der Waals surface area contributed by atoms with E-state index in [1.54, 1.807) is 4.90 Å². The third-order valence-electron chi connectivity index (χ3n) is 6.07. The van der Waals surface area contributed by atoms with Crippen LogP contribution >= 0.6 is 0 Å². The molecule has 2 aromatic rings. The Balaban J connectivity index is 1.35. The summed E-state index contributed by atoms with van der Waals surface area (Å²) in [4.78, 5) is 16.9. The second-order valence-electron chi connectivity index (χ2n) is 7.91. The first-order chi connectivity index (χ1) is 14.4. The molecule has 2 aliphatic heterocycles. The number of nitrogens with zero attached hydrogens (tertiary/aromatic N) is 4. The van der Waals surface area contributed by atoms with Gasteiger partial charge in [0.25, 0.3) is 0 Å². The SMILES string of the molecule is Cn1cccc1C1CCCN1CC(=O)N1CCN(S(=O)(=O)c2ccc(F)cc2)CC1. The van der Waals surface area contributed by atoms with Crippen LogP contribution in [0.1, 0.15) is 24.6 Å². The molecule has 162 valence electrons. The third-order valence-corrected chi connectivity index (χ3v) is 7.98. The van der Waals surface area contributed by atoms with Crippen molar-refractivity contribution in [3.8, 4) is 0 Å². The molecular weight excluding hydrogens is 407 g/mol. The smallest absolute Gasteiger partial charge is 0.243 e. The van der Waals surface area contributed by atoms with E-state index in [1.807, 2.05) is 19.3 Å². The molecule has 4 rings (SSSR count). The topological polar surface area (TPSA) is 65.9 Å². The Bertz CT molecular complexity index is 998. The zero-order valence-corrected chi connectivity index (χ0v) is 17.9. The highest BCUT2D eigenvalue weighted by Gasteiger charge is 2.33. The molecule has 2 saturated heterocycles. The van der Waals surface area contributed by atoms with E-state index in [0.717, 1.165) is 31.5 Å². The fourth-order valence-corrected chi connectivity index (χ4v) is 5.80. The number of halogens is 1. The van der Waals surface area contributed by atoms with Crippen LogP contribution in [0.15, 0.2) is 47.5 Å². The van der Waals surface area contributed by atoms with E-state index in [4.69, 9.17) is 0 Å². The predicted molar refractivity (Wildman–Crippen MR) is 111 cm³/mol. The second kappa shape index (κ2) is 8.49.